The summed E-state index contributed by atoms with van der Waals surface area (Å²) in [5, 5.41) is 24.0. The quantitative estimate of drug-likeness (QED) is 0.0379. The van der Waals surface area contributed by atoms with Gasteiger partial charge < -0.3 is 15.4 Å². The minimum absolute atomic E-state index is 0.0287. The van der Waals surface area contributed by atoms with Gasteiger partial charge in [-0.05, 0) is 254 Å². The number of nitrogens with one attached hydrogen (secondary N) is 2. The Labute approximate surface area is 877 Å². The fourth-order valence-corrected chi connectivity index (χ4v) is 22.2. The lowest BCUT2D eigenvalue weighted by Crippen LogP contribution is -2.49. The van der Waals surface area contributed by atoms with Crippen molar-refractivity contribution in [3.63, 3.8) is 0 Å². The van der Waals surface area contributed by atoms with Gasteiger partial charge >= 0.3 is 0 Å². The molecule has 16 rings (SSSR count). The average molecular weight is 2110 g/mol. The van der Waals surface area contributed by atoms with Crippen LogP contribution in [0.25, 0.3) is 75.1 Å². The van der Waals surface area contributed by atoms with E-state index in [0.29, 0.717) is 38.5 Å². The molecule has 2 N–H and O–H groups in total. The van der Waals surface area contributed by atoms with Gasteiger partial charge in [-0.2, -0.15) is 0 Å². The second-order valence-electron chi connectivity index (χ2n) is 40.0. The van der Waals surface area contributed by atoms with Gasteiger partial charge in [0.15, 0.2) is 5.78 Å². The monoisotopic (exact) mass is 2110 g/mol. The number of carbonyl (C=O) groups excluding carboxylic acids is 10. The number of aromatic nitrogens is 5. The lowest BCUT2D eigenvalue weighted by atomic mass is 9.83. The van der Waals surface area contributed by atoms with Crippen LogP contribution in [0.2, 0.25) is 30.1 Å². The topological polar surface area (TPSA) is 268 Å². The largest absolute Gasteiger partial charge is 0.381 e. The molecule has 742 valence electrons. The van der Waals surface area contributed by atoms with Crippen molar-refractivity contribution in [1.82, 2.24) is 35.6 Å². The number of aryl methyl sites for hydroxylation is 1. The smallest absolute Gasteiger partial charge is 0.226 e. The van der Waals surface area contributed by atoms with Crippen LogP contribution in [0.5, 0.6) is 0 Å². The highest BCUT2D eigenvalue weighted by molar-refractivity contribution is 7.14. The Morgan fingerprint density at radius 1 is 0.355 bits per heavy atom. The van der Waals surface area contributed by atoms with Gasteiger partial charge in [-0.15, -0.1) is 56.7 Å². The number of ketones is 9. The Kier molecular flexibility index (Phi) is 38.6. The minimum atomic E-state index is -0.903. The fourth-order valence-electron chi connectivity index (χ4n) is 16.8. The van der Waals surface area contributed by atoms with Gasteiger partial charge in [0, 0.05) is 161 Å². The van der Waals surface area contributed by atoms with Crippen LogP contribution in [0.15, 0.2) is 160 Å². The molecular weight excluding hydrogens is 1990 g/mol. The SMILES string of the molecule is CC(=O)C(C)(C)CC(=O)Cc1csc(-c2ccc(Cl)cc2-c2cccc3c2CCC3)n1.CC(=O)C(C)(C)CC(=O)Cc1csc(-c2ccc(Cl)cc2C2CC2)n1.CC(=O)C(C)(C)CC(=O)Cc1csc(-c2ccc(Cl)cc2C2CCNCC2)n1.CC(=O)C(C)(C)CC(=O)Cc1csc(-c2ccc(Cl)cc2C2CCOCC2)n1.CC(=O)C(C)(C)NC(=O)Cc1csc(-c2cc(Cl)c(Cl)cc2-c2ccccc2)n1. The molecule has 7 aromatic carbocycles. The van der Waals surface area contributed by atoms with Crippen molar-refractivity contribution < 1.29 is 52.7 Å². The summed E-state index contributed by atoms with van der Waals surface area (Å²) in [6.07, 6.45) is 12.0. The van der Waals surface area contributed by atoms with Gasteiger partial charge in [-0.3, -0.25) is 47.9 Å². The van der Waals surface area contributed by atoms with E-state index in [1.54, 1.807) is 65.3 Å². The number of Topliss-reactive ketones (excluding diaryl/α,β-unsaturated/α-hetero) is 9. The molecule has 29 heteroatoms. The number of rotatable bonds is 34. The van der Waals surface area contributed by atoms with Gasteiger partial charge in [-0.1, -0.05) is 192 Å². The summed E-state index contributed by atoms with van der Waals surface area (Å²) in [6, 6.07) is 43.8. The molecule has 7 heterocycles. The molecule has 0 radical (unpaired) electrons. The molecule has 3 fully saturated rings. The predicted molar refractivity (Wildman–Crippen MR) is 578 cm³/mol. The maximum atomic E-state index is 12.5. The Balaban J connectivity index is 0.000000158. The molecule has 2 aliphatic carbocycles. The number of fused-ring (bicyclic) bond motifs is 1. The highest BCUT2D eigenvalue weighted by Gasteiger charge is 2.35. The van der Waals surface area contributed by atoms with Crippen molar-refractivity contribution in [2.45, 2.75) is 243 Å². The Morgan fingerprint density at radius 3 is 1.09 bits per heavy atom. The molecule has 0 spiro atoms. The molecule has 2 aliphatic heterocycles. The maximum absolute atomic E-state index is 12.5. The number of piperidine rings is 1. The zero-order valence-corrected chi connectivity index (χ0v) is 91.0. The van der Waals surface area contributed by atoms with Crippen LogP contribution in [0.1, 0.15) is 249 Å². The second kappa shape index (κ2) is 49.2. The van der Waals surface area contributed by atoms with Crippen molar-refractivity contribution in [3.8, 4) is 75.1 Å². The highest BCUT2D eigenvalue weighted by atomic mass is 35.5. The molecule has 5 aromatic heterocycles. The summed E-state index contributed by atoms with van der Waals surface area (Å²) in [4.78, 5) is 144. The first-order chi connectivity index (χ1) is 66.7. The van der Waals surface area contributed by atoms with Crippen molar-refractivity contribution in [2.75, 3.05) is 26.3 Å². The number of nitrogens with zero attached hydrogens (tertiary/aromatic N) is 5. The standard InChI is InChI=1S/C26H26ClNO2S.C22H20Cl2N2O2S.C22H27ClN2O2S.C22H26ClNO3S.C20H22ClNO2S/c1-16(29)26(2,3)14-20(30)13-19-15-31-25(28-19)23-11-10-18(27)12-24(23)22-9-5-7-17-6-4-8-21(17)22;1-13(27)22(2,3)26-20(28)9-15-12-29-21(25-15)17-11-19(24)18(23)10-16(17)14-7-5-4-6-8-14;1-14(26)22(2,3)12-18(27)11-17-13-28-21(25-17)19-5-4-16(23)10-20(19)15-6-8-24-9-7-15;1-14(25)22(2,3)12-18(26)11-17-13-28-21(24-17)19-5-4-16(23)10-20(19)15-6-8-27-9-7-15;1-12(23)20(2,3)10-16(24)9-15-11-25-19(22-15)17-7-6-14(21)8-18(17)13-4-5-13/h5,7,9-12,15H,4,6,8,13-14H2,1-3H3;4-8,10-12H,9H2,1-3H3,(H,26,28);4-5,10,13,15,24H,6-9,11-12H2,1-3H3;4-5,10,13,15H,6-9,11-12H2,1-3H3;6-8,11,13H,4-5,9-10H2,1-3H3. The number of ether oxygens (including phenoxy) is 1. The molecule has 0 atom stereocenters. The van der Waals surface area contributed by atoms with Crippen molar-refractivity contribution in [2.24, 2.45) is 21.7 Å². The lowest BCUT2D eigenvalue weighted by Gasteiger charge is -2.25. The van der Waals surface area contributed by atoms with Crippen molar-refractivity contribution in [1.29, 1.82) is 0 Å². The van der Waals surface area contributed by atoms with Crippen LogP contribution in [-0.2, 0) is 97.6 Å². The zero-order valence-electron chi connectivity index (χ0n) is 82.4. The number of thiazole rings is 5. The number of carbonyl (C=O) groups is 10. The van der Waals surface area contributed by atoms with Gasteiger partial charge in [0.2, 0.25) is 5.91 Å². The minimum Gasteiger partial charge on any atom is -0.381 e. The number of hydrogen-bond acceptors (Lipinski definition) is 22. The van der Waals surface area contributed by atoms with E-state index in [-0.39, 0.29) is 116 Å². The summed E-state index contributed by atoms with van der Waals surface area (Å²) < 4.78 is 5.49. The summed E-state index contributed by atoms with van der Waals surface area (Å²) in [7, 11) is 0. The van der Waals surface area contributed by atoms with Crippen LogP contribution in [0.4, 0.5) is 0 Å². The molecule has 1 amide bonds. The highest BCUT2D eigenvalue weighted by Crippen LogP contribution is 2.48. The zero-order chi connectivity index (χ0) is 102. The van der Waals surface area contributed by atoms with E-state index < -0.39 is 27.2 Å². The summed E-state index contributed by atoms with van der Waals surface area (Å²) in [5.41, 5.74) is 16.3. The van der Waals surface area contributed by atoms with E-state index in [4.69, 9.17) is 89.3 Å². The number of benzene rings is 7. The van der Waals surface area contributed by atoms with E-state index in [2.05, 4.69) is 44.9 Å². The van der Waals surface area contributed by atoms with E-state index in [1.807, 2.05) is 185 Å². The molecule has 0 bridgehead atoms. The number of amides is 1. The van der Waals surface area contributed by atoms with Crippen LogP contribution in [0, 0.1) is 21.7 Å². The first kappa shape index (κ1) is 111. The van der Waals surface area contributed by atoms with Gasteiger partial charge in [-0.25, -0.2) is 24.9 Å². The normalized spacial score (nSPS) is 14.0. The maximum Gasteiger partial charge on any atom is 0.226 e. The van der Waals surface area contributed by atoms with Crippen LogP contribution in [0.3, 0.4) is 0 Å². The average Bonchev–Trinajstić information content (AvgIpc) is 1.70. The first-order valence-corrected chi connectivity index (χ1v) is 54.2. The number of hydrogen-bond donors (Lipinski definition) is 2. The third-order valence-corrected chi connectivity index (χ3v) is 32.8. The fraction of sp³-hybridized carbons (Fsp3) is 0.402. The van der Waals surface area contributed by atoms with Crippen LogP contribution >= 0.6 is 126 Å². The van der Waals surface area contributed by atoms with E-state index in [1.165, 1.54) is 98.6 Å². The summed E-state index contributed by atoms with van der Waals surface area (Å²) in [6.45, 7) is 29.0. The molecule has 2 saturated heterocycles. The molecule has 12 aromatic rings. The molecule has 1 saturated carbocycles. The molecule has 4 aliphatic rings. The van der Waals surface area contributed by atoms with E-state index in [0.717, 1.165) is 172 Å². The van der Waals surface area contributed by atoms with E-state index >= 15 is 0 Å². The molecular formula is C112H121Cl6N7O11S5. The molecule has 141 heavy (non-hydrogen) atoms. The van der Waals surface area contributed by atoms with Gasteiger partial charge in [0.05, 0.1) is 50.5 Å². The first-order valence-electron chi connectivity index (χ1n) is 47.5. The third kappa shape index (κ3) is 30.7. The second-order valence-corrected chi connectivity index (χ2v) is 46.9. The third-order valence-electron chi connectivity index (χ3n) is 26.5. The Hall–Kier alpha value is -9.15. The lowest BCUT2D eigenvalue weighted by molar-refractivity contribution is -0.130. The predicted octanol–water partition coefficient (Wildman–Crippen LogP) is 28.5. The van der Waals surface area contributed by atoms with Gasteiger partial charge in [0.1, 0.15) is 71.3 Å². The van der Waals surface area contributed by atoms with Crippen molar-refractivity contribution >= 4 is 184 Å². The Bertz CT molecular complexity index is 6440. The van der Waals surface area contributed by atoms with Gasteiger partial charge in [0.25, 0.3) is 0 Å². The van der Waals surface area contributed by atoms with Crippen molar-refractivity contribution in [3.05, 3.63) is 247 Å². The van der Waals surface area contributed by atoms with E-state index in [9.17, 15) is 47.9 Å². The number of halogens is 6. The molecule has 18 nitrogen and oxygen atoms in total. The molecule has 0 unspecified atom stereocenters. The summed E-state index contributed by atoms with van der Waals surface area (Å²) in [5.74, 6) is 1.42. The summed E-state index contributed by atoms with van der Waals surface area (Å²) >= 11 is 45.2. The van der Waals surface area contributed by atoms with Crippen LogP contribution < -0.4 is 10.6 Å². The Morgan fingerprint density at radius 2 is 0.702 bits per heavy atom. The van der Waals surface area contributed by atoms with Crippen LogP contribution in [-0.4, -0.2) is 115 Å².